The molecule has 0 aromatic rings. The molecule has 0 bridgehead atoms. The highest BCUT2D eigenvalue weighted by Gasteiger charge is 2.58. The van der Waals surface area contributed by atoms with E-state index in [9.17, 15) is 64.2 Å². The number of hydrogen-bond acceptors (Lipinski definition) is 21. The number of ether oxygens (including phenoxy) is 8. The minimum Gasteiger partial charge on any atom is -0.478 e. The first-order valence-corrected chi connectivity index (χ1v) is 27.5. The van der Waals surface area contributed by atoms with Crippen LogP contribution in [0.3, 0.4) is 0 Å². The number of rotatable bonds is 41. The van der Waals surface area contributed by atoms with Gasteiger partial charge in [-0.05, 0) is 63.5 Å². The van der Waals surface area contributed by atoms with Crippen molar-refractivity contribution in [1.82, 2.24) is 26.2 Å². The summed E-state index contributed by atoms with van der Waals surface area (Å²) in [6.07, 6.45) is -0.159. The van der Waals surface area contributed by atoms with E-state index in [0.29, 0.717) is 52.1 Å². The van der Waals surface area contributed by atoms with Crippen molar-refractivity contribution in [3.63, 3.8) is 0 Å². The molecule has 5 amide bonds. The number of hydrogen-bond donors (Lipinski definition) is 14. The van der Waals surface area contributed by atoms with Crippen molar-refractivity contribution in [3.05, 3.63) is 23.7 Å². The maximum absolute atomic E-state index is 13.8. The molecule has 10 atom stereocenters. The second-order valence-electron chi connectivity index (χ2n) is 20.2. The molecular formula is C52H83N11O21. The van der Waals surface area contributed by atoms with Gasteiger partial charge in [0.2, 0.25) is 29.2 Å². The lowest BCUT2D eigenvalue weighted by atomic mass is 9.92. The molecule has 2 fully saturated rings. The van der Waals surface area contributed by atoms with Gasteiger partial charge in [0.15, 0.2) is 24.1 Å². The van der Waals surface area contributed by atoms with Crippen LogP contribution in [-0.4, -0.2) is 253 Å². The van der Waals surface area contributed by atoms with Crippen LogP contribution in [0.5, 0.6) is 0 Å². The van der Waals surface area contributed by atoms with Crippen molar-refractivity contribution >= 4 is 53.4 Å². The van der Waals surface area contributed by atoms with Gasteiger partial charge >= 0.3 is 11.9 Å². The van der Waals surface area contributed by atoms with Crippen molar-refractivity contribution < 1.29 is 102 Å². The number of aliphatic carboxylic acids is 2. The second kappa shape index (κ2) is 34.7. The van der Waals surface area contributed by atoms with Crippen LogP contribution in [-0.2, 0) is 71.5 Å². The second-order valence-corrected chi connectivity index (χ2v) is 20.2. The maximum Gasteiger partial charge on any atom is 0.370 e. The fourth-order valence-corrected chi connectivity index (χ4v) is 9.13. The first-order chi connectivity index (χ1) is 40.0. The molecule has 4 aliphatic rings. The quantitative estimate of drug-likeness (QED) is 0.0117. The number of nitrogens with two attached hydrogens (primary N) is 4. The standard InChI is InChI=1S/C52H83N11O21/c1-4-18-77-20-22-79-24-25-80-23-21-78-19-9-38(70)63(16-7-5-14-57-47(75)51(10-11-51)83-41(34(68)28-64)43-39(59-30(2)66)32(61-49(53)54)26-36(81-43)45(71)72)17-8-6-15-58-48(76)52(12-13-52)84-42(35(69)29-65)44-40(60-31(3)67)33(62-50(55)56)27-37(82-44)46(73)74/h1,26-27,32-35,39-44,64-65,68-69H,5-25,28-29H2,2-3H3,(H,57,75)(H,58,76)(H,59,66)(H,60,67)(H,71,72)(H,73,74)(H4,53,54,61)(H4,55,56,62)/t32-,33-,34+,35+,39+,40+,41+,42+,43+,44+/m0/s1. The molecule has 0 aromatic carbocycles. The van der Waals surface area contributed by atoms with Gasteiger partial charge in [0, 0.05) is 40.0 Å². The van der Waals surface area contributed by atoms with Gasteiger partial charge in [-0.2, -0.15) is 0 Å². The third kappa shape index (κ3) is 22.2. The molecule has 32 heteroatoms. The summed E-state index contributed by atoms with van der Waals surface area (Å²) in [4.78, 5) is 99.7. The van der Waals surface area contributed by atoms with Crippen LogP contribution < -0.4 is 44.2 Å². The Morgan fingerprint density at radius 2 is 1.04 bits per heavy atom. The summed E-state index contributed by atoms with van der Waals surface area (Å²) in [6.45, 7) is 3.35. The lowest BCUT2D eigenvalue weighted by Gasteiger charge is -2.41. The zero-order chi connectivity index (χ0) is 62.0. The van der Waals surface area contributed by atoms with E-state index in [4.69, 9.17) is 67.3 Å². The Labute approximate surface area is 485 Å². The van der Waals surface area contributed by atoms with Crippen molar-refractivity contribution in [2.45, 2.75) is 144 Å². The Morgan fingerprint density at radius 1 is 0.655 bits per heavy atom. The van der Waals surface area contributed by atoms with Gasteiger partial charge < -0.3 is 118 Å². The molecule has 0 saturated heterocycles. The van der Waals surface area contributed by atoms with Crippen LogP contribution >= 0.6 is 0 Å². The van der Waals surface area contributed by atoms with Crippen molar-refractivity contribution in [3.8, 4) is 12.3 Å². The van der Waals surface area contributed by atoms with E-state index < -0.39 is 144 Å². The van der Waals surface area contributed by atoms with Crippen LogP contribution in [0.4, 0.5) is 0 Å². The molecule has 84 heavy (non-hydrogen) atoms. The molecule has 472 valence electrons. The van der Waals surface area contributed by atoms with Gasteiger partial charge in [0.05, 0.1) is 90.1 Å². The lowest BCUT2D eigenvalue weighted by molar-refractivity contribution is -0.178. The van der Waals surface area contributed by atoms with Crippen LogP contribution in [0.2, 0.25) is 0 Å². The molecule has 0 unspecified atom stereocenters. The minimum absolute atomic E-state index is 0.0174. The smallest absolute Gasteiger partial charge is 0.370 e. The Bertz CT molecular complexity index is 2240. The van der Waals surface area contributed by atoms with E-state index in [0.717, 1.165) is 12.2 Å². The number of nitrogens with zero attached hydrogens (tertiary/aromatic N) is 3. The molecular weight excluding hydrogens is 1110 g/mol. The monoisotopic (exact) mass is 1200 g/mol. The fourth-order valence-electron chi connectivity index (χ4n) is 9.13. The molecule has 4 rings (SSSR count). The Morgan fingerprint density at radius 3 is 1.37 bits per heavy atom. The van der Waals surface area contributed by atoms with E-state index >= 15 is 0 Å². The summed E-state index contributed by atoms with van der Waals surface area (Å²) in [7, 11) is 0. The number of aliphatic hydroxyl groups is 4. The first-order valence-electron chi connectivity index (χ1n) is 27.5. The zero-order valence-corrected chi connectivity index (χ0v) is 47.2. The first kappa shape index (κ1) is 69.6. The molecule has 32 nitrogen and oxygen atoms in total. The van der Waals surface area contributed by atoms with Gasteiger partial charge in [0.1, 0.15) is 42.2 Å². The van der Waals surface area contributed by atoms with Gasteiger partial charge in [0.25, 0.3) is 11.8 Å². The van der Waals surface area contributed by atoms with Gasteiger partial charge in [-0.1, -0.05) is 5.92 Å². The van der Waals surface area contributed by atoms with E-state index in [1.54, 1.807) is 4.90 Å². The summed E-state index contributed by atoms with van der Waals surface area (Å²) in [5.74, 6) is -5.46. The third-order valence-electron chi connectivity index (χ3n) is 13.5. The van der Waals surface area contributed by atoms with E-state index in [2.05, 4.69) is 37.2 Å². The van der Waals surface area contributed by atoms with Crippen LogP contribution in [0.25, 0.3) is 0 Å². The predicted octanol–water partition coefficient (Wildman–Crippen LogP) is -5.73. The summed E-state index contributed by atoms with van der Waals surface area (Å²) in [6, 6.07) is -4.88. The molecule has 2 saturated carbocycles. The lowest BCUT2D eigenvalue weighted by Crippen LogP contribution is -2.61. The van der Waals surface area contributed by atoms with Crippen LogP contribution in [0, 0.1) is 12.3 Å². The molecule has 2 heterocycles. The number of unbranched alkanes of at least 4 members (excludes halogenated alkanes) is 2. The van der Waals surface area contributed by atoms with Crippen LogP contribution in [0.1, 0.15) is 71.6 Å². The van der Waals surface area contributed by atoms with Crippen LogP contribution in [0.15, 0.2) is 33.7 Å². The number of carbonyl (C=O) groups excluding carboxylic acids is 5. The highest BCUT2D eigenvalue weighted by atomic mass is 16.6. The number of carboxylic acid groups (broad SMARTS) is 2. The average molecular weight is 1200 g/mol. The third-order valence-corrected chi connectivity index (χ3v) is 13.5. The molecule has 0 radical (unpaired) electrons. The van der Waals surface area contributed by atoms with Gasteiger partial charge in [-0.25, -0.2) is 19.6 Å². The van der Waals surface area contributed by atoms with Crippen molar-refractivity contribution in [1.29, 1.82) is 0 Å². The van der Waals surface area contributed by atoms with E-state index in [-0.39, 0.29) is 90.6 Å². The SMILES string of the molecule is C#CCOCCOCCOCCOCCC(=O)N(CCCCNC(=O)C1(O[C@@H]([C@@H]2OC(C(=O)O)=C[C@H](N=C(N)N)[C@H]2NC(C)=O)[C@H](O)CO)CC1)CCCCNC(=O)C1(O[C@@H]([C@@H]2OC(C(=O)O)=C[C@H](N=C(N)N)[C@H]2NC(C)=O)[C@H](O)CO)CC1. The van der Waals surface area contributed by atoms with Gasteiger partial charge in [-0.3, -0.25) is 24.0 Å². The molecule has 2 aliphatic heterocycles. The Balaban J connectivity index is 1.36. The zero-order valence-electron chi connectivity index (χ0n) is 47.2. The van der Waals surface area contributed by atoms with E-state index in [1.165, 1.54) is 13.8 Å². The minimum atomic E-state index is -1.74. The van der Waals surface area contributed by atoms with Crippen molar-refractivity contribution in [2.75, 3.05) is 92.2 Å². The van der Waals surface area contributed by atoms with E-state index in [1.807, 2.05) is 0 Å². The number of carboxylic acids is 2. The van der Waals surface area contributed by atoms with Gasteiger partial charge in [-0.15, -0.1) is 6.42 Å². The number of nitrogens with one attached hydrogen (secondary N) is 4. The highest BCUT2D eigenvalue weighted by molar-refractivity contribution is 5.89. The normalized spacial score (nSPS) is 22.2. The molecule has 0 aromatic heterocycles. The largest absolute Gasteiger partial charge is 0.478 e. The molecule has 0 spiro atoms. The average Bonchev–Trinajstić information content (AvgIpc) is 2.63. The number of terminal acetylenes is 1. The number of carbonyl (C=O) groups is 7. The molecule has 18 N–H and O–H groups in total. The number of aliphatic imine (C=N–C) groups is 2. The summed E-state index contributed by atoms with van der Waals surface area (Å²) in [5, 5.41) is 72.7. The Kier molecular flexibility index (Phi) is 28.8. The Hall–Kier alpha value is -6.93. The number of amides is 5. The maximum atomic E-state index is 13.8. The topological polar surface area (TPSA) is 495 Å². The highest BCUT2D eigenvalue weighted by Crippen LogP contribution is 2.44. The fraction of sp³-hybridized carbons (Fsp3) is 0.712. The predicted molar refractivity (Wildman–Crippen MR) is 293 cm³/mol. The summed E-state index contributed by atoms with van der Waals surface area (Å²) in [5.41, 5.74) is 19.4. The van der Waals surface area contributed by atoms with Crippen molar-refractivity contribution in [2.24, 2.45) is 32.9 Å². The number of guanidine groups is 2. The molecule has 2 aliphatic carbocycles. The number of aliphatic hydroxyl groups excluding tert-OH is 4. The summed E-state index contributed by atoms with van der Waals surface area (Å²) < 4.78 is 45.6. The summed E-state index contributed by atoms with van der Waals surface area (Å²) >= 11 is 0.